The smallest absolute Gasteiger partial charge is 0.226 e. The Hall–Kier alpha value is -0.570. The maximum absolute atomic E-state index is 12.2. The fourth-order valence-corrected chi connectivity index (χ4v) is 2.66. The summed E-state index contributed by atoms with van der Waals surface area (Å²) in [5.41, 5.74) is 0. The predicted molar refractivity (Wildman–Crippen MR) is 67.4 cm³/mol. The quantitative estimate of drug-likeness (QED) is 0.778. The number of hydrogen-bond donors (Lipinski definition) is 1. The monoisotopic (exact) mass is 226 g/mol. The molecule has 1 aliphatic rings. The van der Waals surface area contributed by atoms with E-state index < -0.39 is 0 Å². The molecule has 94 valence electrons. The molecule has 0 saturated heterocycles. The summed E-state index contributed by atoms with van der Waals surface area (Å²) in [7, 11) is 1.90. The molecule has 1 amide bonds. The first-order chi connectivity index (χ1) is 7.70. The second-order valence-corrected chi connectivity index (χ2v) is 4.87. The summed E-state index contributed by atoms with van der Waals surface area (Å²) in [5.74, 6) is 0.427. The van der Waals surface area contributed by atoms with Gasteiger partial charge in [0.2, 0.25) is 5.91 Å². The standard InChI is InChI=1S/C13H26N2O/c1-4-15(12-8-6-5-7-9-12)13(16)11(2)10-14-3/h11-12,14H,4-10H2,1-3H3. The summed E-state index contributed by atoms with van der Waals surface area (Å²) in [6, 6.07) is 0.505. The van der Waals surface area contributed by atoms with Crippen molar-refractivity contribution >= 4 is 5.91 Å². The number of carbonyl (C=O) groups is 1. The average molecular weight is 226 g/mol. The van der Waals surface area contributed by atoms with Gasteiger partial charge in [0.1, 0.15) is 0 Å². The van der Waals surface area contributed by atoms with Crippen molar-refractivity contribution in [2.75, 3.05) is 20.1 Å². The Labute approximate surface area is 99.6 Å². The number of amides is 1. The Bertz CT molecular complexity index is 212. The lowest BCUT2D eigenvalue weighted by molar-refractivity contribution is -0.137. The second kappa shape index (κ2) is 6.89. The van der Waals surface area contributed by atoms with Crippen molar-refractivity contribution < 1.29 is 4.79 Å². The van der Waals surface area contributed by atoms with Crippen LogP contribution in [0.4, 0.5) is 0 Å². The fraction of sp³-hybridized carbons (Fsp3) is 0.923. The Morgan fingerprint density at radius 3 is 2.50 bits per heavy atom. The first kappa shape index (κ1) is 13.5. The minimum atomic E-state index is 0.104. The van der Waals surface area contributed by atoms with E-state index in [2.05, 4.69) is 17.1 Å². The lowest BCUT2D eigenvalue weighted by atomic mass is 9.93. The first-order valence-corrected chi connectivity index (χ1v) is 6.65. The number of nitrogens with zero attached hydrogens (tertiary/aromatic N) is 1. The summed E-state index contributed by atoms with van der Waals surface area (Å²) >= 11 is 0. The number of nitrogens with one attached hydrogen (secondary N) is 1. The minimum Gasteiger partial charge on any atom is -0.340 e. The van der Waals surface area contributed by atoms with Crippen LogP contribution < -0.4 is 5.32 Å². The number of rotatable bonds is 5. The van der Waals surface area contributed by atoms with E-state index in [1.807, 2.05) is 14.0 Å². The van der Waals surface area contributed by atoms with Gasteiger partial charge >= 0.3 is 0 Å². The van der Waals surface area contributed by atoms with Crippen LogP contribution in [0.2, 0.25) is 0 Å². The van der Waals surface area contributed by atoms with Gasteiger partial charge in [-0.3, -0.25) is 4.79 Å². The average Bonchev–Trinajstić information content (AvgIpc) is 2.31. The van der Waals surface area contributed by atoms with Gasteiger partial charge in [-0.25, -0.2) is 0 Å². The molecule has 1 unspecified atom stereocenters. The molecule has 0 heterocycles. The summed E-state index contributed by atoms with van der Waals surface area (Å²) in [5, 5.41) is 3.08. The SMILES string of the molecule is CCN(C(=O)C(C)CNC)C1CCCCC1. The van der Waals surface area contributed by atoms with E-state index in [1.165, 1.54) is 32.1 Å². The van der Waals surface area contributed by atoms with Gasteiger partial charge in [-0.1, -0.05) is 26.2 Å². The molecule has 3 nitrogen and oxygen atoms in total. The van der Waals surface area contributed by atoms with Crippen LogP contribution in [-0.4, -0.2) is 37.0 Å². The molecule has 0 aromatic carbocycles. The zero-order chi connectivity index (χ0) is 12.0. The van der Waals surface area contributed by atoms with Gasteiger partial charge in [0.05, 0.1) is 0 Å². The van der Waals surface area contributed by atoms with E-state index in [4.69, 9.17) is 0 Å². The molecule has 0 aromatic rings. The molecule has 1 N–H and O–H groups in total. The number of hydrogen-bond acceptors (Lipinski definition) is 2. The van der Waals surface area contributed by atoms with Crippen LogP contribution in [0.5, 0.6) is 0 Å². The van der Waals surface area contributed by atoms with Gasteiger partial charge in [-0.2, -0.15) is 0 Å². The zero-order valence-corrected chi connectivity index (χ0v) is 11.0. The molecule has 1 aliphatic carbocycles. The summed E-state index contributed by atoms with van der Waals surface area (Å²) in [6.07, 6.45) is 6.32. The lowest BCUT2D eigenvalue weighted by Crippen LogP contribution is -2.45. The van der Waals surface area contributed by atoms with Crippen molar-refractivity contribution in [2.24, 2.45) is 5.92 Å². The van der Waals surface area contributed by atoms with Crippen LogP contribution in [0, 0.1) is 5.92 Å². The largest absolute Gasteiger partial charge is 0.340 e. The third-order valence-electron chi connectivity index (χ3n) is 3.57. The zero-order valence-electron chi connectivity index (χ0n) is 11.0. The molecular formula is C13H26N2O. The molecule has 1 rings (SSSR count). The molecule has 1 fully saturated rings. The van der Waals surface area contributed by atoms with Gasteiger partial charge in [-0.05, 0) is 26.8 Å². The van der Waals surface area contributed by atoms with Crippen LogP contribution in [0.1, 0.15) is 46.0 Å². The van der Waals surface area contributed by atoms with Crippen LogP contribution in [0.3, 0.4) is 0 Å². The highest BCUT2D eigenvalue weighted by Crippen LogP contribution is 2.23. The van der Waals surface area contributed by atoms with E-state index in [1.54, 1.807) is 0 Å². The van der Waals surface area contributed by atoms with E-state index in [-0.39, 0.29) is 5.92 Å². The topological polar surface area (TPSA) is 32.3 Å². The van der Waals surface area contributed by atoms with Crippen molar-refractivity contribution in [2.45, 2.75) is 52.0 Å². The molecule has 0 spiro atoms. The van der Waals surface area contributed by atoms with Crippen molar-refractivity contribution in [1.29, 1.82) is 0 Å². The Balaban J connectivity index is 2.54. The lowest BCUT2D eigenvalue weighted by Gasteiger charge is -2.35. The molecule has 1 atom stereocenters. The van der Waals surface area contributed by atoms with Crippen LogP contribution in [0.15, 0.2) is 0 Å². The summed E-state index contributed by atoms with van der Waals surface area (Å²) < 4.78 is 0. The summed E-state index contributed by atoms with van der Waals surface area (Å²) in [4.78, 5) is 14.3. The molecule has 16 heavy (non-hydrogen) atoms. The molecular weight excluding hydrogens is 200 g/mol. The molecule has 0 bridgehead atoms. The number of carbonyl (C=O) groups excluding carboxylic acids is 1. The second-order valence-electron chi connectivity index (χ2n) is 4.87. The van der Waals surface area contributed by atoms with Gasteiger partial charge in [0, 0.05) is 25.0 Å². The highest BCUT2D eigenvalue weighted by atomic mass is 16.2. The van der Waals surface area contributed by atoms with Crippen LogP contribution >= 0.6 is 0 Å². The third kappa shape index (κ3) is 3.48. The Kier molecular flexibility index (Phi) is 5.81. The van der Waals surface area contributed by atoms with Crippen molar-refractivity contribution in [3.05, 3.63) is 0 Å². The van der Waals surface area contributed by atoms with Gasteiger partial charge in [0.15, 0.2) is 0 Å². The molecule has 0 radical (unpaired) electrons. The molecule has 1 saturated carbocycles. The highest BCUT2D eigenvalue weighted by molar-refractivity contribution is 5.79. The van der Waals surface area contributed by atoms with E-state index in [0.717, 1.165) is 13.1 Å². The fourth-order valence-electron chi connectivity index (χ4n) is 2.66. The molecule has 0 aromatic heterocycles. The van der Waals surface area contributed by atoms with E-state index in [0.29, 0.717) is 11.9 Å². The third-order valence-corrected chi connectivity index (χ3v) is 3.57. The maximum atomic E-state index is 12.2. The minimum absolute atomic E-state index is 0.104. The Morgan fingerprint density at radius 2 is 2.00 bits per heavy atom. The maximum Gasteiger partial charge on any atom is 0.226 e. The normalized spacial score (nSPS) is 19.4. The van der Waals surface area contributed by atoms with Gasteiger partial charge in [-0.15, -0.1) is 0 Å². The summed E-state index contributed by atoms with van der Waals surface area (Å²) in [6.45, 7) is 5.75. The Morgan fingerprint density at radius 1 is 1.38 bits per heavy atom. The van der Waals surface area contributed by atoms with E-state index >= 15 is 0 Å². The highest BCUT2D eigenvalue weighted by Gasteiger charge is 2.26. The van der Waals surface area contributed by atoms with Crippen molar-refractivity contribution in [3.63, 3.8) is 0 Å². The van der Waals surface area contributed by atoms with Crippen LogP contribution in [0.25, 0.3) is 0 Å². The van der Waals surface area contributed by atoms with E-state index in [9.17, 15) is 4.79 Å². The molecule has 0 aliphatic heterocycles. The van der Waals surface area contributed by atoms with Crippen LogP contribution in [-0.2, 0) is 4.79 Å². The molecule has 3 heteroatoms. The van der Waals surface area contributed by atoms with Gasteiger partial charge in [0.25, 0.3) is 0 Å². The predicted octanol–water partition coefficient (Wildman–Crippen LogP) is 2.02. The van der Waals surface area contributed by atoms with Crippen molar-refractivity contribution in [1.82, 2.24) is 10.2 Å². The van der Waals surface area contributed by atoms with Gasteiger partial charge < -0.3 is 10.2 Å². The first-order valence-electron chi connectivity index (χ1n) is 6.65. The van der Waals surface area contributed by atoms with Crippen molar-refractivity contribution in [3.8, 4) is 0 Å².